The second-order valence-electron chi connectivity index (χ2n) is 7.51. The Kier molecular flexibility index (Phi) is 9.08. The first-order valence-corrected chi connectivity index (χ1v) is 8.97. The van der Waals surface area contributed by atoms with Gasteiger partial charge >= 0.3 is 0 Å². The van der Waals surface area contributed by atoms with Crippen molar-refractivity contribution in [1.82, 2.24) is 20.4 Å². The maximum atomic E-state index is 12.4. The van der Waals surface area contributed by atoms with Crippen LogP contribution in [0.2, 0.25) is 0 Å². The number of nitrogens with zero attached hydrogens (tertiary/aromatic N) is 3. The lowest BCUT2D eigenvalue weighted by atomic mass is 10.1. The molecule has 2 aliphatic heterocycles. The molecule has 1 unspecified atom stereocenters. The molecular weight excluding hydrogens is 449 g/mol. The largest absolute Gasteiger partial charge is 0.368 e. The van der Waals surface area contributed by atoms with Crippen LogP contribution in [0.25, 0.3) is 0 Å². The number of amides is 2. The number of rotatable bonds is 3. The number of halogens is 1. The first-order chi connectivity index (χ1) is 11.8. The lowest BCUT2D eigenvalue weighted by molar-refractivity contribution is -0.142. The standard InChI is InChI=1S/C17H31N5O3.HI/c1-17(2,3)20-14(23)12-19-16(18-4)22-9-7-21(8-10-22)15(24)13-6-5-11-25-13;/h13H,5-12H2,1-4H3,(H,18,19)(H,20,23);1H. The highest BCUT2D eigenvalue weighted by Gasteiger charge is 2.31. The quantitative estimate of drug-likeness (QED) is 0.347. The highest BCUT2D eigenvalue weighted by molar-refractivity contribution is 14.0. The Morgan fingerprint density at radius 1 is 1.15 bits per heavy atom. The molecule has 0 aliphatic carbocycles. The molecule has 8 nitrogen and oxygen atoms in total. The van der Waals surface area contributed by atoms with Crippen LogP contribution in [0.4, 0.5) is 0 Å². The van der Waals surface area contributed by atoms with Gasteiger partial charge in [-0.15, -0.1) is 24.0 Å². The van der Waals surface area contributed by atoms with Crippen LogP contribution in [0.3, 0.4) is 0 Å². The highest BCUT2D eigenvalue weighted by atomic mass is 127. The van der Waals surface area contributed by atoms with Gasteiger partial charge in [-0.25, -0.2) is 0 Å². The molecule has 1 atom stereocenters. The fourth-order valence-electron chi connectivity index (χ4n) is 3.07. The summed E-state index contributed by atoms with van der Waals surface area (Å²) in [5.74, 6) is 0.721. The molecule has 0 aromatic carbocycles. The summed E-state index contributed by atoms with van der Waals surface area (Å²) in [6, 6.07) is 0. The molecule has 2 amide bonds. The van der Waals surface area contributed by atoms with Gasteiger partial charge in [-0.3, -0.25) is 14.6 Å². The van der Waals surface area contributed by atoms with E-state index in [1.165, 1.54) is 0 Å². The molecule has 26 heavy (non-hydrogen) atoms. The molecule has 0 spiro atoms. The minimum absolute atomic E-state index is 0. The van der Waals surface area contributed by atoms with Crippen LogP contribution in [0.1, 0.15) is 33.6 Å². The molecule has 2 N–H and O–H groups in total. The van der Waals surface area contributed by atoms with Gasteiger partial charge in [0.15, 0.2) is 5.96 Å². The van der Waals surface area contributed by atoms with Gasteiger partial charge in [-0.2, -0.15) is 0 Å². The minimum atomic E-state index is -0.259. The van der Waals surface area contributed by atoms with E-state index < -0.39 is 0 Å². The molecule has 0 aromatic heterocycles. The van der Waals surface area contributed by atoms with E-state index in [0.29, 0.717) is 38.7 Å². The number of ether oxygens (including phenoxy) is 1. The van der Waals surface area contributed by atoms with Gasteiger partial charge < -0.3 is 25.2 Å². The van der Waals surface area contributed by atoms with Crippen molar-refractivity contribution in [3.8, 4) is 0 Å². The molecule has 9 heteroatoms. The van der Waals surface area contributed by atoms with Crippen LogP contribution < -0.4 is 10.6 Å². The van der Waals surface area contributed by atoms with Crippen LogP contribution in [-0.2, 0) is 14.3 Å². The van der Waals surface area contributed by atoms with E-state index in [2.05, 4.69) is 20.5 Å². The third-order valence-corrected chi connectivity index (χ3v) is 4.23. The van der Waals surface area contributed by atoms with Gasteiger partial charge in [-0.05, 0) is 33.6 Å². The summed E-state index contributed by atoms with van der Waals surface area (Å²) in [7, 11) is 1.70. The first-order valence-electron chi connectivity index (χ1n) is 8.97. The smallest absolute Gasteiger partial charge is 0.251 e. The molecule has 0 bridgehead atoms. The van der Waals surface area contributed by atoms with Crippen molar-refractivity contribution in [2.24, 2.45) is 4.99 Å². The molecule has 2 rings (SSSR count). The fourth-order valence-corrected chi connectivity index (χ4v) is 3.07. The summed E-state index contributed by atoms with van der Waals surface area (Å²) in [6.45, 7) is 9.39. The first kappa shape index (κ1) is 22.9. The Labute approximate surface area is 173 Å². The molecular formula is C17H32IN5O3. The predicted molar refractivity (Wildman–Crippen MR) is 112 cm³/mol. The molecule has 2 fully saturated rings. The Balaban J connectivity index is 0.00000338. The maximum Gasteiger partial charge on any atom is 0.251 e. The van der Waals surface area contributed by atoms with Crippen molar-refractivity contribution in [2.45, 2.75) is 45.3 Å². The van der Waals surface area contributed by atoms with Crippen LogP contribution in [0.5, 0.6) is 0 Å². The van der Waals surface area contributed by atoms with Gasteiger partial charge in [0.1, 0.15) is 6.10 Å². The summed E-state index contributed by atoms with van der Waals surface area (Å²) in [6.07, 6.45) is 1.53. The Hall–Kier alpha value is -1.10. The van der Waals surface area contributed by atoms with Crippen molar-refractivity contribution in [2.75, 3.05) is 46.4 Å². The van der Waals surface area contributed by atoms with E-state index in [0.717, 1.165) is 12.8 Å². The normalized spacial score (nSPS) is 21.2. The number of guanidine groups is 1. The average Bonchev–Trinajstić information content (AvgIpc) is 3.08. The van der Waals surface area contributed by atoms with Gasteiger partial charge in [0.05, 0.1) is 6.54 Å². The topological polar surface area (TPSA) is 86.3 Å². The van der Waals surface area contributed by atoms with E-state index in [1.54, 1.807) is 7.05 Å². The lowest BCUT2D eigenvalue weighted by Gasteiger charge is -2.37. The minimum Gasteiger partial charge on any atom is -0.368 e. The lowest BCUT2D eigenvalue weighted by Crippen LogP contribution is -2.56. The molecule has 150 valence electrons. The van der Waals surface area contributed by atoms with Crippen LogP contribution >= 0.6 is 24.0 Å². The summed E-state index contributed by atoms with van der Waals surface area (Å²) < 4.78 is 5.48. The number of carbonyl (C=O) groups excluding carboxylic acids is 2. The predicted octanol–water partition coefficient (Wildman–Crippen LogP) is 0.418. The molecule has 0 saturated carbocycles. The fraction of sp³-hybridized carbons (Fsp3) is 0.824. The molecule has 2 heterocycles. The number of hydrogen-bond donors (Lipinski definition) is 2. The number of hydrogen-bond acceptors (Lipinski definition) is 4. The van der Waals surface area contributed by atoms with Gasteiger partial charge in [0.25, 0.3) is 5.91 Å². The second kappa shape index (κ2) is 10.3. The van der Waals surface area contributed by atoms with Crippen molar-refractivity contribution in [3.63, 3.8) is 0 Å². The Morgan fingerprint density at radius 2 is 1.77 bits per heavy atom. The Morgan fingerprint density at radius 3 is 2.27 bits per heavy atom. The van der Waals surface area contributed by atoms with Crippen molar-refractivity contribution in [1.29, 1.82) is 0 Å². The zero-order valence-electron chi connectivity index (χ0n) is 16.2. The molecule has 0 radical (unpaired) electrons. The van der Waals surface area contributed by atoms with Gasteiger partial charge in [-0.1, -0.05) is 0 Å². The van der Waals surface area contributed by atoms with Crippen molar-refractivity contribution >= 4 is 41.8 Å². The van der Waals surface area contributed by atoms with Crippen molar-refractivity contribution < 1.29 is 14.3 Å². The summed E-state index contributed by atoms with van der Waals surface area (Å²) in [5, 5.41) is 6.01. The summed E-state index contributed by atoms with van der Waals surface area (Å²) in [5.41, 5.74) is -0.253. The third kappa shape index (κ3) is 6.90. The summed E-state index contributed by atoms with van der Waals surface area (Å²) >= 11 is 0. The molecule has 2 aliphatic rings. The van der Waals surface area contributed by atoms with E-state index in [1.807, 2.05) is 25.7 Å². The van der Waals surface area contributed by atoms with Crippen molar-refractivity contribution in [3.05, 3.63) is 0 Å². The molecule has 0 aromatic rings. The van der Waals surface area contributed by atoms with Gasteiger partial charge in [0, 0.05) is 45.4 Å². The maximum absolute atomic E-state index is 12.4. The zero-order valence-corrected chi connectivity index (χ0v) is 18.5. The van der Waals surface area contributed by atoms with Crippen LogP contribution in [-0.4, -0.2) is 85.6 Å². The zero-order chi connectivity index (χ0) is 18.4. The molecule has 2 saturated heterocycles. The number of nitrogens with one attached hydrogen (secondary N) is 2. The highest BCUT2D eigenvalue weighted by Crippen LogP contribution is 2.16. The van der Waals surface area contributed by atoms with Gasteiger partial charge in [0.2, 0.25) is 5.91 Å². The average molecular weight is 481 g/mol. The number of aliphatic imine (C=N–C) groups is 1. The van der Waals surface area contributed by atoms with E-state index >= 15 is 0 Å². The van der Waals surface area contributed by atoms with Crippen LogP contribution in [0.15, 0.2) is 4.99 Å². The monoisotopic (exact) mass is 481 g/mol. The Bertz CT molecular complexity index is 507. The van der Waals surface area contributed by atoms with E-state index in [9.17, 15) is 9.59 Å². The second-order valence-corrected chi connectivity index (χ2v) is 7.51. The van der Waals surface area contributed by atoms with E-state index in [4.69, 9.17) is 4.74 Å². The van der Waals surface area contributed by atoms with Crippen LogP contribution in [0, 0.1) is 0 Å². The summed E-state index contributed by atoms with van der Waals surface area (Å²) in [4.78, 5) is 32.5. The van der Waals surface area contributed by atoms with E-state index in [-0.39, 0.29) is 54.0 Å². The number of piperazine rings is 1. The SMILES string of the molecule is CN=C(NCC(=O)NC(C)(C)C)N1CCN(C(=O)C2CCCO2)CC1.I. The third-order valence-electron chi connectivity index (χ3n) is 4.23. The number of carbonyl (C=O) groups is 2.